The third-order valence-corrected chi connectivity index (χ3v) is 4.46. The van der Waals surface area contributed by atoms with Gasteiger partial charge in [-0.1, -0.05) is 15.9 Å². The number of halogens is 1. The molecule has 0 aliphatic heterocycles. The summed E-state index contributed by atoms with van der Waals surface area (Å²) < 4.78 is 1.00. The zero-order valence-electron chi connectivity index (χ0n) is 11.4. The molecule has 0 unspecified atom stereocenters. The van der Waals surface area contributed by atoms with E-state index >= 15 is 0 Å². The summed E-state index contributed by atoms with van der Waals surface area (Å²) in [6.45, 7) is 0. The lowest BCUT2D eigenvalue weighted by molar-refractivity contribution is 1.40. The summed E-state index contributed by atoms with van der Waals surface area (Å²) in [7, 11) is 0. The lowest BCUT2D eigenvalue weighted by atomic mass is 10.1. The molecule has 0 radical (unpaired) electrons. The van der Waals surface area contributed by atoms with Crippen LogP contribution in [-0.4, -0.2) is 11.2 Å². The molecule has 3 N–H and O–H groups in total. The number of anilines is 3. The van der Waals surface area contributed by atoms with Gasteiger partial charge < -0.3 is 11.1 Å². The van der Waals surface area contributed by atoms with Crippen molar-refractivity contribution in [2.75, 3.05) is 17.3 Å². The zero-order chi connectivity index (χ0) is 14.8. The monoisotopic (exact) mass is 359 g/mol. The highest BCUT2D eigenvalue weighted by Gasteiger charge is 2.08. The van der Waals surface area contributed by atoms with Crippen molar-refractivity contribution in [1.29, 1.82) is 0 Å². The first-order valence-corrected chi connectivity index (χ1v) is 8.44. The van der Waals surface area contributed by atoms with Crippen LogP contribution in [0.5, 0.6) is 0 Å². The van der Waals surface area contributed by atoms with E-state index in [4.69, 9.17) is 5.73 Å². The largest absolute Gasteiger partial charge is 0.396 e. The molecular weight excluding hydrogens is 346 g/mol. The molecule has 2 aromatic carbocycles. The Morgan fingerprint density at radius 1 is 1.14 bits per heavy atom. The number of thioether (sulfide) groups is 1. The number of fused-ring (bicyclic) bond motifs is 1. The van der Waals surface area contributed by atoms with E-state index in [0.717, 1.165) is 26.8 Å². The highest BCUT2D eigenvalue weighted by molar-refractivity contribution is 9.10. The van der Waals surface area contributed by atoms with Crippen LogP contribution in [0.25, 0.3) is 10.9 Å². The van der Waals surface area contributed by atoms with Crippen LogP contribution in [0.3, 0.4) is 0 Å². The van der Waals surface area contributed by atoms with Crippen LogP contribution >= 0.6 is 27.7 Å². The minimum absolute atomic E-state index is 0.634. The predicted molar refractivity (Wildman–Crippen MR) is 95.4 cm³/mol. The number of nitrogens with two attached hydrogens (primary N) is 1. The minimum atomic E-state index is 0.634. The summed E-state index contributed by atoms with van der Waals surface area (Å²) in [6.07, 6.45) is 3.75. The number of hydrogen-bond donors (Lipinski definition) is 2. The summed E-state index contributed by atoms with van der Waals surface area (Å²) in [5.74, 6) is 0. The Hall–Kier alpha value is -1.72. The number of hydrogen-bond acceptors (Lipinski definition) is 4. The van der Waals surface area contributed by atoms with Crippen molar-refractivity contribution in [3.63, 3.8) is 0 Å². The maximum absolute atomic E-state index is 6.10. The van der Waals surface area contributed by atoms with Gasteiger partial charge in [-0.2, -0.15) is 0 Å². The first-order valence-electron chi connectivity index (χ1n) is 6.42. The Kier molecular flexibility index (Phi) is 4.03. The Morgan fingerprint density at radius 2 is 1.90 bits per heavy atom. The fraction of sp³-hybridized carbons (Fsp3) is 0.0625. The third-order valence-electron chi connectivity index (χ3n) is 3.22. The van der Waals surface area contributed by atoms with Crippen molar-refractivity contribution in [1.82, 2.24) is 4.98 Å². The number of aromatic nitrogens is 1. The van der Waals surface area contributed by atoms with Crippen molar-refractivity contribution in [2.45, 2.75) is 4.90 Å². The zero-order valence-corrected chi connectivity index (χ0v) is 13.8. The fourth-order valence-electron chi connectivity index (χ4n) is 2.14. The van der Waals surface area contributed by atoms with Crippen molar-refractivity contribution in [3.05, 3.63) is 53.1 Å². The predicted octanol–water partition coefficient (Wildman–Crippen LogP) is 5.05. The van der Waals surface area contributed by atoms with Crippen molar-refractivity contribution >= 4 is 55.7 Å². The molecule has 0 saturated carbocycles. The van der Waals surface area contributed by atoms with Gasteiger partial charge in [0.15, 0.2) is 0 Å². The van der Waals surface area contributed by atoms with Crippen LogP contribution in [0, 0.1) is 0 Å². The average molecular weight is 360 g/mol. The van der Waals surface area contributed by atoms with Gasteiger partial charge in [0.1, 0.15) is 0 Å². The van der Waals surface area contributed by atoms with Crippen molar-refractivity contribution in [3.8, 4) is 0 Å². The number of pyridine rings is 1. The molecular formula is C16H14BrN3S. The summed E-state index contributed by atoms with van der Waals surface area (Å²) in [4.78, 5) is 5.59. The fourth-order valence-corrected chi connectivity index (χ4v) is 2.91. The van der Waals surface area contributed by atoms with Gasteiger partial charge in [0.25, 0.3) is 0 Å². The molecule has 0 spiro atoms. The lowest BCUT2D eigenvalue weighted by Gasteiger charge is -2.13. The maximum Gasteiger partial charge on any atom is 0.0746 e. The molecule has 0 fully saturated rings. The lowest BCUT2D eigenvalue weighted by Crippen LogP contribution is -1.98. The van der Waals surface area contributed by atoms with Gasteiger partial charge in [-0.15, -0.1) is 11.8 Å². The van der Waals surface area contributed by atoms with Gasteiger partial charge in [0, 0.05) is 20.4 Å². The summed E-state index contributed by atoms with van der Waals surface area (Å²) in [5.41, 5.74) is 9.54. The summed E-state index contributed by atoms with van der Waals surface area (Å²) >= 11 is 5.22. The van der Waals surface area contributed by atoms with Gasteiger partial charge in [-0.3, -0.25) is 4.98 Å². The molecule has 1 heterocycles. The second-order valence-corrected chi connectivity index (χ2v) is 6.40. The number of nitrogen functional groups attached to an aromatic ring is 1. The molecule has 0 bridgehead atoms. The van der Waals surface area contributed by atoms with E-state index in [1.807, 2.05) is 18.2 Å². The highest BCUT2D eigenvalue weighted by Crippen LogP contribution is 2.32. The molecule has 21 heavy (non-hydrogen) atoms. The summed E-state index contributed by atoms with van der Waals surface area (Å²) in [6, 6.07) is 14.2. The Morgan fingerprint density at radius 3 is 2.62 bits per heavy atom. The smallest absolute Gasteiger partial charge is 0.0746 e. The molecule has 1 aromatic heterocycles. The van der Waals surface area contributed by atoms with E-state index < -0.39 is 0 Å². The quantitative estimate of drug-likeness (QED) is 0.642. The maximum atomic E-state index is 6.10. The summed E-state index contributed by atoms with van der Waals surface area (Å²) in [5, 5.41) is 4.40. The second-order valence-electron chi connectivity index (χ2n) is 4.60. The van der Waals surface area contributed by atoms with Crippen LogP contribution in [0.2, 0.25) is 0 Å². The third kappa shape index (κ3) is 2.99. The van der Waals surface area contributed by atoms with Crippen LogP contribution < -0.4 is 11.1 Å². The Labute approximate surface area is 136 Å². The van der Waals surface area contributed by atoms with Crippen LogP contribution in [0.15, 0.2) is 58.0 Å². The van der Waals surface area contributed by atoms with Gasteiger partial charge in [0.2, 0.25) is 0 Å². The topological polar surface area (TPSA) is 50.9 Å². The van der Waals surface area contributed by atoms with Crippen LogP contribution in [0.1, 0.15) is 0 Å². The molecule has 3 aromatic rings. The molecule has 106 valence electrons. The molecule has 3 nitrogen and oxygen atoms in total. The molecule has 0 aliphatic carbocycles. The number of rotatable bonds is 3. The SMILES string of the molecule is CSc1ccc(Nc2c(N)cnc3ccc(Br)cc23)cc1. The Balaban J connectivity index is 2.06. The number of nitrogens with one attached hydrogen (secondary N) is 1. The highest BCUT2D eigenvalue weighted by atomic mass is 79.9. The molecule has 0 amide bonds. The van der Waals surface area contributed by atoms with Gasteiger partial charge in [-0.25, -0.2) is 0 Å². The average Bonchev–Trinajstić information content (AvgIpc) is 2.51. The Bertz CT molecular complexity index is 782. The van der Waals surface area contributed by atoms with E-state index in [9.17, 15) is 0 Å². The van der Waals surface area contributed by atoms with E-state index in [-0.39, 0.29) is 0 Å². The molecule has 5 heteroatoms. The standard InChI is InChI=1S/C16H14BrN3S/c1-21-12-5-3-11(4-6-12)20-16-13-8-10(17)2-7-15(13)19-9-14(16)18/h2-9H,18H2,1H3,(H,19,20). The molecule has 3 rings (SSSR count). The number of benzene rings is 2. The van der Waals surface area contributed by atoms with Gasteiger partial charge in [0.05, 0.1) is 23.1 Å². The first-order chi connectivity index (χ1) is 10.2. The van der Waals surface area contributed by atoms with E-state index in [2.05, 4.69) is 56.8 Å². The van der Waals surface area contributed by atoms with Crippen molar-refractivity contribution < 1.29 is 0 Å². The van der Waals surface area contributed by atoms with Gasteiger partial charge in [-0.05, 0) is 48.7 Å². The molecule has 0 saturated heterocycles. The van der Waals surface area contributed by atoms with E-state index in [1.54, 1.807) is 18.0 Å². The second kappa shape index (κ2) is 5.95. The minimum Gasteiger partial charge on any atom is -0.396 e. The van der Waals surface area contributed by atoms with E-state index in [1.165, 1.54) is 4.90 Å². The first kappa shape index (κ1) is 14.2. The van der Waals surface area contributed by atoms with Crippen LogP contribution in [-0.2, 0) is 0 Å². The van der Waals surface area contributed by atoms with Crippen LogP contribution in [0.4, 0.5) is 17.1 Å². The molecule has 0 aliphatic rings. The number of nitrogens with zero attached hydrogens (tertiary/aromatic N) is 1. The van der Waals surface area contributed by atoms with E-state index in [0.29, 0.717) is 5.69 Å². The van der Waals surface area contributed by atoms with Crippen molar-refractivity contribution in [2.24, 2.45) is 0 Å². The molecule has 0 atom stereocenters. The van der Waals surface area contributed by atoms with Gasteiger partial charge >= 0.3 is 0 Å². The normalized spacial score (nSPS) is 10.8.